The minimum atomic E-state index is -1.09. The van der Waals surface area contributed by atoms with Crippen LogP contribution < -0.4 is 5.32 Å². The van der Waals surface area contributed by atoms with Crippen molar-refractivity contribution in [2.45, 2.75) is 26.3 Å². The van der Waals surface area contributed by atoms with E-state index in [-0.39, 0.29) is 18.4 Å². The number of methoxy groups -OCH3 is 1. The number of rotatable bonds is 7. The fraction of sp³-hybridized carbons (Fsp3) is 0.467. The van der Waals surface area contributed by atoms with Crippen LogP contribution in [0.3, 0.4) is 0 Å². The Morgan fingerprint density at radius 1 is 1.30 bits per heavy atom. The van der Waals surface area contributed by atoms with E-state index >= 15 is 0 Å². The molecule has 0 aliphatic rings. The number of nitrogens with one attached hydrogen (secondary N) is 1. The summed E-state index contributed by atoms with van der Waals surface area (Å²) in [5, 5.41) is 11.4. The Bertz CT molecular complexity index is 455. The number of aliphatic carboxylic acids is 1. The van der Waals surface area contributed by atoms with Crippen molar-refractivity contribution in [3.63, 3.8) is 0 Å². The van der Waals surface area contributed by atoms with Crippen molar-refractivity contribution < 1.29 is 19.4 Å². The van der Waals surface area contributed by atoms with Gasteiger partial charge in [-0.15, -0.1) is 0 Å². The Kier molecular flexibility index (Phi) is 6.18. The third kappa shape index (κ3) is 5.01. The molecule has 2 atom stereocenters. The molecule has 0 radical (unpaired) electrons. The van der Waals surface area contributed by atoms with Gasteiger partial charge in [-0.1, -0.05) is 36.8 Å². The van der Waals surface area contributed by atoms with Crippen LogP contribution in [0.5, 0.6) is 0 Å². The molecule has 0 bridgehead atoms. The lowest BCUT2D eigenvalue weighted by molar-refractivity contribution is -0.143. The highest BCUT2D eigenvalue weighted by atomic mass is 16.5. The topological polar surface area (TPSA) is 75.6 Å². The van der Waals surface area contributed by atoms with Crippen molar-refractivity contribution in [1.82, 2.24) is 5.32 Å². The minimum absolute atomic E-state index is 0.0433. The highest BCUT2D eigenvalue weighted by molar-refractivity contribution is 5.85. The van der Waals surface area contributed by atoms with Crippen LogP contribution in [0, 0.1) is 12.8 Å². The normalized spacial score (nSPS) is 13.6. The first-order valence-electron chi connectivity index (χ1n) is 6.51. The second-order valence-corrected chi connectivity index (χ2v) is 4.95. The Morgan fingerprint density at radius 3 is 2.40 bits per heavy atom. The molecule has 0 spiro atoms. The predicted molar refractivity (Wildman–Crippen MR) is 75.5 cm³/mol. The first-order valence-corrected chi connectivity index (χ1v) is 6.51. The van der Waals surface area contributed by atoms with Crippen molar-refractivity contribution >= 4 is 11.9 Å². The molecule has 1 aromatic carbocycles. The van der Waals surface area contributed by atoms with Gasteiger partial charge in [0.2, 0.25) is 5.91 Å². The Labute approximate surface area is 118 Å². The van der Waals surface area contributed by atoms with Crippen LogP contribution in [0.15, 0.2) is 24.3 Å². The number of hydrogen-bond acceptors (Lipinski definition) is 3. The molecule has 20 heavy (non-hydrogen) atoms. The fourth-order valence-electron chi connectivity index (χ4n) is 1.83. The molecular weight excluding hydrogens is 258 g/mol. The molecule has 1 aromatic rings. The Balaban J connectivity index is 2.57. The summed E-state index contributed by atoms with van der Waals surface area (Å²) in [6, 6.07) is 6.93. The van der Waals surface area contributed by atoms with E-state index in [0.717, 1.165) is 11.1 Å². The van der Waals surface area contributed by atoms with Crippen molar-refractivity contribution in [2.75, 3.05) is 13.7 Å². The molecule has 110 valence electrons. The predicted octanol–water partition coefficient (Wildman–Crippen LogP) is 1.39. The molecule has 0 aromatic heterocycles. The van der Waals surface area contributed by atoms with E-state index in [1.807, 2.05) is 31.2 Å². The van der Waals surface area contributed by atoms with Crippen molar-refractivity contribution in [3.05, 3.63) is 35.4 Å². The van der Waals surface area contributed by atoms with Crippen LogP contribution in [0.25, 0.3) is 0 Å². The lowest BCUT2D eigenvalue weighted by Gasteiger charge is -2.17. The zero-order valence-corrected chi connectivity index (χ0v) is 12.1. The number of aryl methyl sites for hydroxylation is 1. The van der Waals surface area contributed by atoms with Gasteiger partial charge >= 0.3 is 5.97 Å². The molecule has 1 rings (SSSR count). The number of benzene rings is 1. The van der Waals surface area contributed by atoms with Gasteiger partial charge in [-0.3, -0.25) is 4.79 Å². The molecule has 5 nitrogen and oxygen atoms in total. The number of carbonyl (C=O) groups excluding carboxylic acids is 1. The van der Waals surface area contributed by atoms with Gasteiger partial charge in [-0.2, -0.15) is 0 Å². The maximum Gasteiger partial charge on any atom is 0.328 e. The van der Waals surface area contributed by atoms with Gasteiger partial charge in [0.15, 0.2) is 6.04 Å². The molecule has 0 heterocycles. The van der Waals surface area contributed by atoms with Gasteiger partial charge in [0.1, 0.15) is 0 Å². The summed E-state index contributed by atoms with van der Waals surface area (Å²) >= 11 is 0. The molecule has 5 heteroatoms. The number of carbonyl (C=O) groups is 2. The summed E-state index contributed by atoms with van der Waals surface area (Å²) in [6.45, 7) is 3.74. The highest BCUT2D eigenvalue weighted by Gasteiger charge is 2.22. The zero-order valence-electron chi connectivity index (χ0n) is 12.1. The van der Waals surface area contributed by atoms with Gasteiger partial charge in [-0.05, 0) is 18.9 Å². The molecule has 2 unspecified atom stereocenters. The monoisotopic (exact) mass is 279 g/mol. The average molecular weight is 279 g/mol. The second-order valence-electron chi connectivity index (χ2n) is 4.95. The number of hydrogen-bond donors (Lipinski definition) is 2. The molecule has 1 amide bonds. The summed E-state index contributed by atoms with van der Waals surface area (Å²) in [5.74, 6) is -1.67. The highest BCUT2D eigenvalue weighted by Crippen LogP contribution is 2.10. The summed E-state index contributed by atoms with van der Waals surface area (Å²) in [6.07, 6.45) is 0.575. The lowest BCUT2D eigenvalue weighted by Crippen LogP contribution is -2.46. The van der Waals surface area contributed by atoms with E-state index in [1.54, 1.807) is 6.92 Å². The molecule has 0 saturated carbocycles. The van der Waals surface area contributed by atoms with Crippen LogP contribution in [0.4, 0.5) is 0 Å². The third-order valence-corrected chi connectivity index (χ3v) is 3.06. The number of carboxylic acids is 1. The van der Waals surface area contributed by atoms with E-state index in [2.05, 4.69) is 5.32 Å². The van der Waals surface area contributed by atoms with Gasteiger partial charge < -0.3 is 15.2 Å². The van der Waals surface area contributed by atoms with Gasteiger partial charge in [0.25, 0.3) is 0 Å². The Hall–Kier alpha value is -1.88. The second kappa shape index (κ2) is 7.65. The largest absolute Gasteiger partial charge is 0.480 e. The van der Waals surface area contributed by atoms with E-state index in [0.29, 0.717) is 6.42 Å². The van der Waals surface area contributed by atoms with Gasteiger partial charge in [-0.25, -0.2) is 4.79 Å². The average Bonchev–Trinajstić information content (AvgIpc) is 2.40. The Morgan fingerprint density at radius 2 is 1.90 bits per heavy atom. The number of carboxylic acid groups (broad SMARTS) is 1. The standard InChI is InChI=1S/C15H21NO4/c1-10-4-6-12(7-5-10)8-11(2)14(17)16-13(9-20-3)15(18)19/h4-7,11,13H,8-9H2,1-3H3,(H,16,17)(H,18,19). The van der Waals surface area contributed by atoms with Gasteiger partial charge in [0.05, 0.1) is 6.61 Å². The van der Waals surface area contributed by atoms with Crippen molar-refractivity contribution in [1.29, 1.82) is 0 Å². The molecule has 0 aliphatic heterocycles. The molecule has 0 aliphatic carbocycles. The third-order valence-electron chi connectivity index (χ3n) is 3.06. The molecular formula is C15H21NO4. The van der Waals surface area contributed by atoms with E-state index in [1.165, 1.54) is 7.11 Å². The number of ether oxygens (including phenoxy) is 1. The van der Waals surface area contributed by atoms with Crippen molar-refractivity contribution in [3.8, 4) is 0 Å². The summed E-state index contributed by atoms with van der Waals surface area (Å²) in [5.41, 5.74) is 2.22. The lowest BCUT2D eigenvalue weighted by atomic mass is 9.99. The van der Waals surface area contributed by atoms with Crippen LogP contribution in [0.1, 0.15) is 18.1 Å². The van der Waals surface area contributed by atoms with E-state index < -0.39 is 12.0 Å². The van der Waals surface area contributed by atoms with E-state index in [4.69, 9.17) is 9.84 Å². The van der Waals surface area contributed by atoms with Gasteiger partial charge in [0, 0.05) is 13.0 Å². The van der Waals surface area contributed by atoms with Crippen LogP contribution in [0.2, 0.25) is 0 Å². The van der Waals surface area contributed by atoms with Crippen LogP contribution in [-0.2, 0) is 20.7 Å². The number of amides is 1. The zero-order chi connectivity index (χ0) is 15.1. The summed E-state index contributed by atoms with van der Waals surface area (Å²) < 4.78 is 4.78. The summed E-state index contributed by atoms with van der Waals surface area (Å²) in [7, 11) is 1.40. The fourth-order valence-corrected chi connectivity index (χ4v) is 1.83. The van der Waals surface area contributed by atoms with Crippen LogP contribution >= 0.6 is 0 Å². The van der Waals surface area contributed by atoms with Crippen molar-refractivity contribution in [2.24, 2.45) is 5.92 Å². The van der Waals surface area contributed by atoms with Crippen LogP contribution in [-0.4, -0.2) is 36.7 Å². The SMILES string of the molecule is COCC(NC(=O)C(C)Cc1ccc(C)cc1)C(=O)O. The van der Waals surface area contributed by atoms with E-state index in [9.17, 15) is 9.59 Å². The summed E-state index contributed by atoms with van der Waals surface area (Å²) in [4.78, 5) is 22.9. The maximum absolute atomic E-state index is 12.0. The first-order chi connectivity index (χ1) is 9.43. The molecule has 0 fully saturated rings. The molecule has 2 N–H and O–H groups in total. The molecule has 0 saturated heterocycles. The quantitative estimate of drug-likeness (QED) is 0.791. The smallest absolute Gasteiger partial charge is 0.328 e. The maximum atomic E-state index is 12.0. The minimum Gasteiger partial charge on any atom is -0.480 e. The first kappa shape index (κ1) is 16.2.